The standard InChI is InChI=1S/C20H29BrO2/c21-19-14-12-18(13-15-19)20(22)23-16-8-11-17-9-6-4-2-1-3-5-7-10-17/h12-15,17H,1-11,16H2. The molecule has 0 radical (unpaired) electrons. The maximum atomic E-state index is 12.0. The molecule has 2 rings (SSSR count). The molecule has 0 unspecified atom stereocenters. The molecule has 1 aromatic carbocycles. The summed E-state index contributed by atoms with van der Waals surface area (Å²) in [5.41, 5.74) is 0.631. The Morgan fingerprint density at radius 3 is 2.13 bits per heavy atom. The Hall–Kier alpha value is -0.830. The van der Waals surface area contributed by atoms with E-state index in [2.05, 4.69) is 15.9 Å². The van der Waals surface area contributed by atoms with Crippen molar-refractivity contribution < 1.29 is 9.53 Å². The van der Waals surface area contributed by atoms with E-state index in [1.165, 1.54) is 64.2 Å². The Morgan fingerprint density at radius 1 is 0.957 bits per heavy atom. The van der Waals surface area contributed by atoms with Crippen molar-refractivity contribution in [3.63, 3.8) is 0 Å². The highest BCUT2D eigenvalue weighted by molar-refractivity contribution is 9.10. The van der Waals surface area contributed by atoms with Crippen molar-refractivity contribution in [2.24, 2.45) is 5.92 Å². The predicted octanol–water partition coefficient (Wildman–Crippen LogP) is 6.53. The van der Waals surface area contributed by atoms with Gasteiger partial charge in [0.05, 0.1) is 12.2 Å². The second-order valence-corrected chi connectivity index (χ2v) is 7.62. The molecule has 1 aromatic rings. The molecule has 128 valence electrons. The number of hydrogen-bond acceptors (Lipinski definition) is 2. The number of esters is 1. The Kier molecular flexibility index (Phi) is 8.73. The third-order valence-electron chi connectivity index (χ3n) is 4.79. The molecule has 1 aliphatic carbocycles. The average molecular weight is 381 g/mol. The van der Waals surface area contributed by atoms with E-state index >= 15 is 0 Å². The first-order valence-electron chi connectivity index (χ1n) is 9.18. The van der Waals surface area contributed by atoms with E-state index in [4.69, 9.17) is 4.74 Å². The van der Waals surface area contributed by atoms with E-state index in [9.17, 15) is 4.79 Å². The van der Waals surface area contributed by atoms with Crippen LogP contribution in [0, 0.1) is 5.92 Å². The van der Waals surface area contributed by atoms with Crippen LogP contribution >= 0.6 is 15.9 Å². The Labute approximate surface area is 149 Å². The molecule has 0 N–H and O–H groups in total. The van der Waals surface area contributed by atoms with Crippen molar-refractivity contribution in [1.29, 1.82) is 0 Å². The molecule has 0 atom stereocenters. The van der Waals surface area contributed by atoms with Gasteiger partial charge in [0.25, 0.3) is 0 Å². The van der Waals surface area contributed by atoms with Gasteiger partial charge in [-0.1, -0.05) is 73.7 Å². The highest BCUT2D eigenvalue weighted by atomic mass is 79.9. The molecule has 1 saturated carbocycles. The second-order valence-electron chi connectivity index (χ2n) is 6.70. The van der Waals surface area contributed by atoms with E-state index in [-0.39, 0.29) is 5.97 Å². The Morgan fingerprint density at radius 2 is 1.52 bits per heavy atom. The Bertz CT molecular complexity index is 445. The van der Waals surface area contributed by atoms with E-state index in [0.29, 0.717) is 12.2 Å². The first-order chi connectivity index (χ1) is 11.3. The number of benzene rings is 1. The topological polar surface area (TPSA) is 26.3 Å². The molecule has 0 aromatic heterocycles. The quantitative estimate of drug-likeness (QED) is 0.428. The second kappa shape index (κ2) is 10.9. The Balaban J connectivity index is 1.64. The van der Waals surface area contributed by atoms with Gasteiger partial charge in [-0.3, -0.25) is 0 Å². The number of carbonyl (C=O) groups is 1. The number of rotatable bonds is 5. The van der Waals surface area contributed by atoms with Crippen LogP contribution in [0.25, 0.3) is 0 Å². The zero-order chi connectivity index (χ0) is 16.3. The van der Waals surface area contributed by atoms with E-state index in [0.717, 1.165) is 16.8 Å². The minimum absolute atomic E-state index is 0.205. The maximum absolute atomic E-state index is 12.0. The molecule has 2 nitrogen and oxygen atoms in total. The first kappa shape index (κ1) is 18.5. The molecule has 0 bridgehead atoms. The summed E-state index contributed by atoms with van der Waals surface area (Å²) in [5.74, 6) is 0.628. The first-order valence-corrected chi connectivity index (χ1v) is 9.98. The number of carbonyl (C=O) groups excluding carboxylic acids is 1. The van der Waals surface area contributed by atoms with Crippen LogP contribution in [-0.2, 0) is 4.74 Å². The molecule has 23 heavy (non-hydrogen) atoms. The van der Waals surface area contributed by atoms with Crippen LogP contribution in [0.1, 0.15) is 81.0 Å². The molecule has 1 aliphatic rings. The molecule has 0 saturated heterocycles. The molecular formula is C20H29BrO2. The lowest BCUT2D eigenvalue weighted by molar-refractivity contribution is 0.0492. The number of halogens is 1. The predicted molar refractivity (Wildman–Crippen MR) is 98.7 cm³/mol. The lowest BCUT2D eigenvalue weighted by atomic mass is 9.89. The molecule has 3 heteroatoms. The van der Waals surface area contributed by atoms with Crippen molar-refractivity contribution >= 4 is 21.9 Å². The smallest absolute Gasteiger partial charge is 0.338 e. The summed E-state index contributed by atoms with van der Waals surface area (Å²) in [7, 11) is 0. The molecule has 0 heterocycles. The minimum Gasteiger partial charge on any atom is -0.462 e. The van der Waals surface area contributed by atoms with Gasteiger partial charge in [0.15, 0.2) is 0 Å². The van der Waals surface area contributed by atoms with Gasteiger partial charge in [0.1, 0.15) is 0 Å². The summed E-state index contributed by atoms with van der Waals surface area (Å²) in [6.45, 7) is 0.547. The number of hydrogen-bond donors (Lipinski definition) is 0. The van der Waals surface area contributed by atoms with Gasteiger partial charge in [-0.2, -0.15) is 0 Å². The van der Waals surface area contributed by atoms with E-state index in [1.54, 1.807) is 12.1 Å². The highest BCUT2D eigenvalue weighted by Gasteiger charge is 2.11. The normalized spacial score (nSPS) is 17.6. The fourth-order valence-corrected chi connectivity index (χ4v) is 3.65. The monoisotopic (exact) mass is 380 g/mol. The fraction of sp³-hybridized carbons (Fsp3) is 0.650. The summed E-state index contributed by atoms with van der Waals surface area (Å²) in [4.78, 5) is 12.0. The average Bonchev–Trinajstić information content (AvgIpc) is 2.57. The summed E-state index contributed by atoms with van der Waals surface area (Å²) in [6, 6.07) is 7.34. The number of ether oxygens (including phenoxy) is 1. The van der Waals surface area contributed by atoms with Crippen LogP contribution < -0.4 is 0 Å². The molecule has 0 spiro atoms. The molecule has 1 fully saturated rings. The zero-order valence-corrected chi connectivity index (χ0v) is 15.7. The highest BCUT2D eigenvalue weighted by Crippen LogP contribution is 2.25. The largest absolute Gasteiger partial charge is 0.462 e. The summed E-state index contributed by atoms with van der Waals surface area (Å²) in [5, 5.41) is 0. The van der Waals surface area contributed by atoms with Crippen LogP contribution in [0.5, 0.6) is 0 Å². The lowest BCUT2D eigenvalue weighted by Gasteiger charge is -2.18. The third kappa shape index (κ3) is 7.52. The lowest BCUT2D eigenvalue weighted by Crippen LogP contribution is -2.09. The fourth-order valence-electron chi connectivity index (χ4n) is 3.39. The van der Waals surface area contributed by atoms with Gasteiger partial charge < -0.3 is 4.74 Å². The van der Waals surface area contributed by atoms with E-state index < -0.39 is 0 Å². The van der Waals surface area contributed by atoms with Crippen LogP contribution in [0.15, 0.2) is 28.7 Å². The molecule has 0 aliphatic heterocycles. The molecule has 0 amide bonds. The van der Waals surface area contributed by atoms with Crippen molar-refractivity contribution in [3.05, 3.63) is 34.3 Å². The van der Waals surface area contributed by atoms with Gasteiger partial charge in [-0.05, 0) is 43.0 Å². The van der Waals surface area contributed by atoms with Crippen LogP contribution in [0.4, 0.5) is 0 Å². The zero-order valence-electron chi connectivity index (χ0n) is 14.1. The van der Waals surface area contributed by atoms with E-state index in [1.807, 2.05) is 12.1 Å². The van der Waals surface area contributed by atoms with Crippen molar-refractivity contribution in [2.45, 2.75) is 70.6 Å². The summed E-state index contributed by atoms with van der Waals surface area (Å²) < 4.78 is 6.38. The van der Waals surface area contributed by atoms with Gasteiger partial charge in [-0.25, -0.2) is 4.79 Å². The summed E-state index contributed by atoms with van der Waals surface area (Å²) in [6.07, 6.45) is 14.7. The van der Waals surface area contributed by atoms with Crippen molar-refractivity contribution in [2.75, 3.05) is 6.61 Å². The van der Waals surface area contributed by atoms with Crippen LogP contribution in [0.2, 0.25) is 0 Å². The van der Waals surface area contributed by atoms with Gasteiger partial charge >= 0.3 is 5.97 Å². The van der Waals surface area contributed by atoms with Gasteiger partial charge in [-0.15, -0.1) is 0 Å². The summed E-state index contributed by atoms with van der Waals surface area (Å²) >= 11 is 3.37. The van der Waals surface area contributed by atoms with Gasteiger partial charge in [0, 0.05) is 4.47 Å². The van der Waals surface area contributed by atoms with Crippen molar-refractivity contribution in [3.8, 4) is 0 Å². The van der Waals surface area contributed by atoms with Crippen LogP contribution in [-0.4, -0.2) is 12.6 Å². The third-order valence-corrected chi connectivity index (χ3v) is 5.32. The van der Waals surface area contributed by atoms with Crippen LogP contribution in [0.3, 0.4) is 0 Å². The maximum Gasteiger partial charge on any atom is 0.338 e. The van der Waals surface area contributed by atoms with Crippen molar-refractivity contribution in [1.82, 2.24) is 0 Å². The van der Waals surface area contributed by atoms with Gasteiger partial charge in [0.2, 0.25) is 0 Å². The molecular weight excluding hydrogens is 352 g/mol. The minimum atomic E-state index is -0.205. The SMILES string of the molecule is O=C(OCCCC1CCCCCCCCC1)c1ccc(Br)cc1.